The molecule has 0 spiro atoms. The molecule has 0 aliphatic carbocycles. The second-order valence-corrected chi connectivity index (χ2v) is 5.75. The van der Waals surface area contributed by atoms with E-state index in [1.807, 2.05) is 6.92 Å². The van der Waals surface area contributed by atoms with Gasteiger partial charge < -0.3 is 9.30 Å². The second kappa shape index (κ2) is 6.63. The van der Waals surface area contributed by atoms with Crippen molar-refractivity contribution in [1.82, 2.24) is 4.57 Å². The molecular weight excluding hydrogens is 331 g/mol. The fraction of sp³-hybridized carbons (Fsp3) is 0.211. The van der Waals surface area contributed by atoms with E-state index < -0.39 is 23.4 Å². The van der Waals surface area contributed by atoms with Crippen molar-refractivity contribution in [3.63, 3.8) is 0 Å². The van der Waals surface area contributed by atoms with Crippen LogP contribution in [0.3, 0.4) is 0 Å². The minimum absolute atomic E-state index is 0.0703. The van der Waals surface area contributed by atoms with Crippen LogP contribution in [0.5, 0.6) is 5.75 Å². The molecule has 1 heterocycles. The Morgan fingerprint density at radius 2 is 1.76 bits per heavy atom. The standard InChI is InChI=1S/C19H16F3NO2/c1-3-4-16(24)25-19-14-9-13(21)10-15(22)18(14)23(2)17(19)11-5-7-12(20)8-6-11/h5-10H,3-4H2,1-2H3. The molecule has 0 N–H and O–H groups in total. The molecule has 0 saturated carbocycles. The predicted molar refractivity (Wildman–Crippen MR) is 88.8 cm³/mol. The van der Waals surface area contributed by atoms with E-state index in [1.54, 1.807) is 7.05 Å². The Hall–Kier alpha value is -2.76. The van der Waals surface area contributed by atoms with Gasteiger partial charge in [0.2, 0.25) is 0 Å². The van der Waals surface area contributed by atoms with Gasteiger partial charge in [0.1, 0.15) is 11.6 Å². The summed E-state index contributed by atoms with van der Waals surface area (Å²) in [5.74, 6) is -2.39. The Kier molecular flexibility index (Phi) is 4.53. The van der Waals surface area contributed by atoms with Gasteiger partial charge in [0, 0.05) is 30.5 Å². The topological polar surface area (TPSA) is 31.2 Å². The van der Waals surface area contributed by atoms with Crippen molar-refractivity contribution in [1.29, 1.82) is 0 Å². The molecule has 2 aromatic carbocycles. The molecule has 0 aliphatic heterocycles. The average Bonchev–Trinajstić information content (AvgIpc) is 2.81. The summed E-state index contributed by atoms with van der Waals surface area (Å²) < 4.78 is 48.2. The number of carbonyl (C=O) groups excluding carboxylic acids is 1. The third-order valence-corrected chi connectivity index (χ3v) is 3.95. The Morgan fingerprint density at radius 1 is 1.08 bits per heavy atom. The quantitative estimate of drug-likeness (QED) is 0.624. The smallest absolute Gasteiger partial charge is 0.311 e. The number of hydrogen-bond donors (Lipinski definition) is 0. The second-order valence-electron chi connectivity index (χ2n) is 5.75. The Labute approximate surface area is 142 Å². The van der Waals surface area contributed by atoms with Gasteiger partial charge in [-0.2, -0.15) is 0 Å². The van der Waals surface area contributed by atoms with Gasteiger partial charge in [-0.15, -0.1) is 0 Å². The number of rotatable bonds is 4. The van der Waals surface area contributed by atoms with Crippen LogP contribution >= 0.6 is 0 Å². The molecule has 0 aliphatic rings. The largest absolute Gasteiger partial charge is 0.424 e. The van der Waals surface area contributed by atoms with Crippen LogP contribution in [0.2, 0.25) is 0 Å². The lowest BCUT2D eigenvalue weighted by Crippen LogP contribution is -2.07. The molecule has 0 unspecified atom stereocenters. The van der Waals surface area contributed by atoms with E-state index in [0.717, 1.165) is 12.1 Å². The third kappa shape index (κ3) is 3.12. The summed E-state index contributed by atoms with van der Waals surface area (Å²) in [5, 5.41) is 0.156. The summed E-state index contributed by atoms with van der Waals surface area (Å²) >= 11 is 0. The number of nitrogens with zero attached hydrogens (tertiary/aromatic N) is 1. The molecule has 0 bridgehead atoms. The van der Waals surface area contributed by atoms with Crippen LogP contribution in [-0.2, 0) is 11.8 Å². The first-order valence-corrected chi connectivity index (χ1v) is 7.86. The zero-order valence-electron chi connectivity index (χ0n) is 13.8. The van der Waals surface area contributed by atoms with Gasteiger partial charge in [-0.3, -0.25) is 4.79 Å². The lowest BCUT2D eigenvalue weighted by atomic mass is 10.1. The highest BCUT2D eigenvalue weighted by atomic mass is 19.1. The normalized spacial score (nSPS) is 11.1. The number of esters is 1. The van der Waals surface area contributed by atoms with Crippen LogP contribution in [0.15, 0.2) is 36.4 Å². The molecule has 3 aromatic rings. The minimum Gasteiger partial charge on any atom is -0.424 e. The van der Waals surface area contributed by atoms with Crippen molar-refractivity contribution >= 4 is 16.9 Å². The Bertz CT molecular complexity index is 946. The zero-order chi connectivity index (χ0) is 18.1. The molecule has 0 radical (unpaired) electrons. The molecule has 0 atom stereocenters. The summed E-state index contributed by atoms with van der Waals surface area (Å²) in [6.07, 6.45) is 0.759. The molecule has 130 valence electrons. The van der Waals surface area contributed by atoms with Crippen molar-refractivity contribution in [3.8, 4) is 17.0 Å². The number of aryl methyl sites for hydroxylation is 1. The highest BCUT2D eigenvalue weighted by Gasteiger charge is 2.23. The Balaban J connectivity index is 2.29. The van der Waals surface area contributed by atoms with Crippen molar-refractivity contribution < 1.29 is 22.7 Å². The molecule has 6 heteroatoms. The fourth-order valence-electron chi connectivity index (χ4n) is 2.88. The van der Waals surface area contributed by atoms with Crippen molar-refractivity contribution in [2.24, 2.45) is 7.05 Å². The Morgan fingerprint density at radius 3 is 2.40 bits per heavy atom. The fourth-order valence-corrected chi connectivity index (χ4v) is 2.88. The van der Waals surface area contributed by atoms with Crippen LogP contribution in [0.1, 0.15) is 19.8 Å². The van der Waals surface area contributed by atoms with E-state index in [2.05, 4.69) is 0 Å². The third-order valence-electron chi connectivity index (χ3n) is 3.95. The van der Waals surface area contributed by atoms with E-state index in [4.69, 9.17) is 4.74 Å². The summed E-state index contributed by atoms with van der Waals surface area (Å²) in [5.41, 5.74) is 1.02. The number of fused-ring (bicyclic) bond motifs is 1. The molecule has 0 amide bonds. The van der Waals surface area contributed by atoms with E-state index in [9.17, 15) is 18.0 Å². The van der Waals surface area contributed by atoms with E-state index in [1.165, 1.54) is 28.8 Å². The summed E-state index contributed by atoms with van der Waals surface area (Å²) in [6, 6.07) is 7.39. The van der Waals surface area contributed by atoms with E-state index in [-0.39, 0.29) is 23.1 Å². The van der Waals surface area contributed by atoms with Crippen molar-refractivity contribution in [2.75, 3.05) is 0 Å². The maximum Gasteiger partial charge on any atom is 0.311 e. The lowest BCUT2D eigenvalue weighted by Gasteiger charge is -2.09. The number of aromatic nitrogens is 1. The molecule has 3 rings (SSSR count). The van der Waals surface area contributed by atoms with Gasteiger partial charge >= 0.3 is 5.97 Å². The number of ether oxygens (including phenoxy) is 1. The summed E-state index contributed by atoms with van der Waals surface area (Å²) in [7, 11) is 1.58. The number of hydrogen-bond acceptors (Lipinski definition) is 2. The number of benzene rings is 2. The van der Waals surface area contributed by atoms with Crippen LogP contribution in [0, 0.1) is 17.5 Å². The molecule has 3 nitrogen and oxygen atoms in total. The van der Waals surface area contributed by atoms with Crippen LogP contribution in [0.4, 0.5) is 13.2 Å². The molecule has 0 saturated heterocycles. The van der Waals surface area contributed by atoms with E-state index >= 15 is 0 Å². The van der Waals surface area contributed by atoms with Gasteiger partial charge in [0.15, 0.2) is 11.6 Å². The van der Waals surface area contributed by atoms with Crippen LogP contribution in [-0.4, -0.2) is 10.5 Å². The van der Waals surface area contributed by atoms with Gasteiger partial charge in [0.25, 0.3) is 0 Å². The van der Waals surface area contributed by atoms with Gasteiger partial charge in [-0.1, -0.05) is 6.92 Å². The maximum absolute atomic E-state index is 14.3. The predicted octanol–water partition coefficient (Wildman–Crippen LogP) is 4.97. The zero-order valence-corrected chi connectivity index (χ0v) is 13.8. The highest BCUT2D eigenvalue weighted by molar-refractivity contribution is 5.97. The van der Waals surface area contributed by atoms with Crippen LogP contribution < -0.4 is 4.74 Å². The first kappa shape index (κ1) is 17.1. The monoisotopic (exact) mass is 347 g/mol. The van der Waals surface area contributed by atoms with Crippen molar-refractivity contribution in [3.05, 3.63) is 53.8 Å². The first-order valence-electron chi connectivity index (χ1n) is 7.86. The summed E-state index contributed by atoms with van der Waals surface area (Å²) in [4.78, 5) is 12.0. The molecule has 1 aromatic heterocycles. The number of carbonyl (C=O) groups is 1. The maximum atomic E-state index is 14.3. The lowest BCUT2D eigenvalue weighted by molar-refractivity contribution is -0.134. The average molecular weight is 347 g/mol. The van der Waals surface area contributed by atoms with E-state index in [0.29, 0.717) is 17.7 Å². The highest BCUT2D eigenvalue weighted by Crippen LogP contribution is 2.41. The summed E-state index contributed by atoms with van der Waals surface area (Å²) in [6.45, 7) is 1.82. The molecule has 0 fully saturated rings. The number of halogens is 3. The van der Waals surface area contributed by atoms with Crippen LogP contribution in [0.25, 0.3) is 22.2 Å². The molecular formula is C19H16F3NO2. The SMILES string of the molecule is CCCC(=O)Oc1c(-c2ccc(F)cc2)n(C)c2c(F)cc(F)cc12. The first-order chi connectivity index (χ1) is 11.9. The minimum atomic E-state index is -0.769. The van der Waals surface area contributed by atoms with Gasteiger partial charge in [-0.05, 0) is 36.8 Å². The molecule has 25 heavy (non-hydrogen) atoms. The van der Waals surface area contributed by atoms with Gasteiger partial charge in [-0.25, -0.2) is 13.2 Å². The van der Waals surface area contributed by atoms with Gasteiger partial charge in [0.05, 0.1) is 11.2 Å². The van der Waals surface area contributed by atoms with Crippen molar-refractivity contribution in [2.45, 2.75) is 19.8 Å².